The summed E-state index contributed by atoms with van der Waals surface area (Å²) in [5, 5.41) is 23.1. The summed E-state index contributed by atoms with van der Waals surface area (Å²) < 4.78 is 13.3. The minimum atomic E-state index is -0.121. The number of benzene rings is 1. The number of aliphatic hydroxyl groups excluding tert-OH is 1. The van der Waals surface area contributed by atoms with Crippen molar-refractivity contribution < 1.29 is 14.6 Å². The standard InChI is InChI=1S/C25H36N6O4/c1-3-7-23(24-27-28-29-31(24)17-21-8-5-13-35-21)30(11-6-12-32)16-19-14-18-15-20(34-4-2)9-10-22(18)26-25(19)33/h9-10,14-15,21,23,32H,3-8,11-13,16-17H2,1-2H3,(H,26,33)/t21-,23+/m1/s1. The molecule has 0 spiro atoms. The Balaban J connectivity index is 1.64. The van der Waals surface area contributed by atoms with Gasteiger partial charge >= 0.3 is 0 Å². The molecule has 3 aromatic rings. The Labute approximate surface area is 205 Å². The van der Waals surface area contributed by atoms with Gasteiger partial charge in [-0.25, -0.2) is 4.68 Å². The van der Waals surface area contributed by atoms with Gasteiger partial charge in [0.2, 0.25) is 0 Å². The van der Waals surface area contributed by atoms with Gasteiger partial charge < -0.3 is 19.6 Å². The van der Waals surface area contributed by atoms with E-state index >= 15 is 0 Å². The molecule has 190 valence electrons. The average Bonchev–Trinajstić information content (AvgIpc) is 3.54. The monoisotopic (exact) mass is 484 g/mol. The van der Waals surface area contributed by atoms with Gasteiger partial charge in [-0.2, -0.15) is 0 Å². The number of pyridine rings is 1. The predicted octanol–water partition coefficient (Wildman–Crippen LogP) is 2.82. The molecule has 4 rings (SSSR count). The lowest BCUT2D eigenvalue weighted by atomic mass is 10.1. The maximum Gasteiger partial charge on any atom is 0.252 e. The highest BCUT2D eigenvalue weighted by Crippen LogP contribution is 2.27. The molecule has 0 radical (unpaired) electrons. The van der Waals surface area contributed by atoms with E-state index in [0.29, 0.717) is 38.2 Å². The Morgan fingerprint density at radius 2 is 2.23 bits per heavy atom. The van der Waals surface area contributed by atoms with Crippen LogP contribution >= 0.6 is 0 Å². The summed E-state index contributed by atoms with van der Waals surface area (Å²) in [6.07, 6.45) is 4.53. The molecule has 1 aromatic carbocycles. The van der Waals surface area contributed by atoms with E-state index in [1.807, 2.05) is 35.9 Å². The number of tetrazole rings is 1. The fraction of sp³-hybridized carbons (Fsp3) is 0.600. The third-order valence-corrected chi connectivity index (χ3v) is 6.44. The van der Waals surface area contributed by atoms with Crippen LogP contribution in [0.15, 0.2) is 29.1 Å². The van der Waals surface area contributed by atoms with Crippen LogP contribution in [0.1, 0.15) is 63.4 Å². The zero-order valence-electron chi connectivity index (χ0n) is 20.7. The Morgan fingerprint density at radius 3 is 2.97 bits per heavy atom. The lowest BCUT2D eigenvalue weighted by molar-refractivity contribution is 0.0885. The minimum absolute atomic E-state index is 0.0714. The van der Waals surface area contributed by atoms with Crippen LogP contribution in [0.2, 0.25) is 0 Å². The van der Waals surface area contributed by atoms with Gasteiger partial charge in [0.25, 0.3) is 5.56 Å². The molecule has 3 heterocycles. The van der Waals surface area contributed by atoms with Gasteiger partial charge in [-0.3, -0.25) is 9.69 Å². The number of H-pyrrole nitrogens is 1. The van der Waals surface area contributed by atoms with E-state index in [2.05, 4.69) is 32.3 Å². The lowest BCUT2D eigenvalue weighted by Gasteiger charge is -2.31. The maximum atomic E-state index is 13.0. The summed E-state index contributed by atoms with van der Waals surface area (Å²) in [5.41, 5.74) is 1.31. The van der Waals surface area contributed by atoms with Crippen LogP contribution in [0.4, 0.5) is 0 Å². The Kier molecular flexibility index (Phi) is 8.84. The normalized spacial score (nSPS) is 16.9. The summed E-state index contributed by atoms with van der Waals surface area (Å²) in [7, 11) is 0. The number of fused-ring (bicyclic) bond motifs is 1. The van der Waals surface area contributed by atoms with Crippen molar-refractivity contribution >= 4 is 10.9 Å². The number of ether oxygens (including phenoxy) is 2. The second kappa shape index (κ2) is 12.2. The van der Waals surface area contributed by atoms with Crippen LogP contribution in [0, 0.1) is 0 Å². The van der Waals surface area contributed by atoms with Crippen molar-refractivity contribution in [3.63, 3.8) is 0 Å². The van der Waals surface area contributed by atoms with Crippen LogP contribution in [-0.4, -0.2) is 67.7 Å². The van der Waals surface area contributed by atoms with Crippen LogP contribution in [0.3, 0.4) is 0 Å². The SMILES string of the molecule is CCC[C@@H](c1nnnn1C[C@H]1CCCO1)N(CCCO)Cc1cc2cc(OCC)ccc2[nH]c1=O. The first kappa shape index (κ1) is 25.3. The first-order valence-corrected chi connectivity index (χ1v) is 12.6. The number of aromatic nitrogens is 5. The van der Waals surface area contributed by atoms with Gasteiger partial charge in [0.05, 0.1) is 25.3 Å². The molecule has 0 saturated carbocycles. The van der Waals surface area contributed by atoms with Gasteiger partial charge in [0.1, 0.15) is 5.75 Å². The van der Waals surface area contributed by atoms with E-state index in [1.54, 1.807) is 0 Å². The number of aliphatic hydroxyl groups is 1. The molecule has 0 unspecified atom stereocenters. The van der Waals surface area contributed by atoms with Crippen molar-refractivity contribution in [2.45, 2.75) is 71.2 Å². The second-order valence-electron chi connectivity index (χ2n) is 9.01. The van der Waals surface area contributed by atoms with Gasteiger partial charge in [0, 0.05) is 42.8 Å². The van der Waals surface area contributed by atoms with E-state index in [4.69, 9.17) is 9.47 Å². The molecule has 1 saturated heterocycles. The van der Waals surface area contributed by atoms with E-state index in [0.717, 1.165) is 54.8 Å². The van der Waals surface area contributed by atoms with Gasteiger partial charge in [0.15, 0.2) is 5.82 Å². The maximum absolute atomic E-state index is 13.0. The zero-order chi connectivity index (χ0) is 24.6. The smallest absolute Gasteiger partial charge is 0.252 e. The summed E-state index contributed by atoms with van der Waals surface area (Å²) in [5.74, 6) is 1.54. The van der Waals surface area contributed by atoms with Crippen molar-refractivity contribution in [3.05, 3.63) is 46.0 Å². The molecule has 0 aliphatic carbocycles. The molecule has 0 amide bonds. The molecule has 1 aliphatic heterocycles. The second-order valence-corrected chi connectivity index (χ2v) is 9.01. The molecule has 1 fully saturated rings. The van der Waals surface area contributed by atoms with Crippen LogP contribution in [0.25, 0.3) is 10.9 Å². The summed E-state index contributed by atoms with van der Waals surface area (Å²) >= 11 is 0. The number of nitrogens with one attached hydrogen (secondary N) is 1. The van der Waals surface area contributed by atoms with Gasteiger partial charge in [-0.1, -0.05) is 13.3 Å². The number of rotatable bonds is 13. The van der Waals surface area contributed by atoms with Crippen molar-refractivity contribution in [2.75, 3.05) is 26.4 Å². The summed E-state index contributed by atoms with van der Waals surface area (Å²) in [4.78, 5) is 18.2. The fourth-order valence-electron chi connectivity index (χ4n) is 4.75. The van der Waals surface area contributed by atoms with Gasteiger partial charge in [-0.05, 0) is 67.3 Å². The van der Waals surface area contributed by atoms with Crippen LogP contribution in [0.5, 0.6) is 5.75 Å². The van der Waals surface area contributed by atoms with E-state index < -0.39 is 0 Å². The highest BCUT2D eigenvalue weighted by Gasteiger charge is 2.28. The Bertz CT molecular complexity index is 1140. The van der Waals surface area contributed by atoms with Crippen LogP contribution < -0.4 is 10.3 Å². The van der Waals surface area contributed by atoms with Gasteiger partial charge in [-0.15, -0.1) is 5.10 Å². The highest BCUT2D eigenvalue weighted by molar-refractivity contribution is 5.80. The van der Waals surface area contributed by atoms with E-state index in [-0.39, 0.29) is 24.3 Å². The van der Waals surface area contributed by atoms with Crippen molar-refractivity contribution in [1.82, 2.24) is 30.1 Å². The molecular formula is C25H36N6O4. The minimum Gasteiger partial charge on any atom is -0.494 e. The van der Waals surface area contributed by atoms with Crippen molar-refractivity contribution in [2.24, 2.45) is 0 Å². The average molecular weight is 485 g/mol. The number of aromatic amines is 1. The molecule has 0 bridgehead atoms. The quantitative estimate of drug-likeness (QED) is 0.380. The van der Waals surface area contributed by atoms with Crippen LogP contribution in [-0.2, 0) is 17.8 Å². The molecular weight excluding hydrogens is 448 g/mol. The summed E-state index contributed by atoms with van der Waals surface area (Å²) in [6.45, 7) is 7.15. The third-order valence-electron chi connectivity index (χ3n) is 6.44. The number of hydrogen-bond donors (Lipinski definition) is 2. The zero-order valence-corrected chi connectivity index (χ0v) is 20.7. The van der Waals surface area contributed by atoms with Crippen molar-refractivity contribution in [3.8, 4) is 5.75 Å². The Morgan fingerprint density at radius 1 is 1.34 bits per heavy atom. The topological polar surface area (TPSA) is 118 Å². The number of hydrogen-bond acceptors (Lipinski definition) is 8. The largest absolute Gasteiger partial charge is 0.494 e. The fourth-order valence-corrected chi connectivity index (χ4v) is 4.75. The molecule has 1 aliphatic rings. The predicted molar refractivity (Wildman–Crippen MR) is 132 cm³/mol. The molecule has 35 heavy (non-hydrogen) atoms. The number of nitrogens with zero attached hydrogens (tertiary/aromatic N) is 5. The lowest BCUT2D eigenvalue weighted by Crippen LogP contribution is -2.34. The summed E-state index contributed by atoms with van der Waals surface area (Å²) in [6, 6.07) is 7.52. The third kappa shape index (κ3) is 6.25. The first-order chi connectivity index (χ1) is 17.1. The van der Waals surface area contributed by atoms with E-state index in [1.165, 1.54) is 0 Å². The molecule has 2 N–H and O–H groups in total. The highest BCUT2D eigenvalue weighted by atomic mass is 16.5. The Hall–Kier alpha value is -2.82. The van der Waals surface area contributed by atoms with E-state index in [9.17, 15) is 9.90 Å². The molecule has 2 aromatic heterocycles. The molecule has 10 nitrogen and oxygen atoms in total. The van der Waals surface area contributed by atoms with Crippen molar-refractivity contribution in [1.29, 1.82) is 0 Å². The molecule has 10 heteroatoms. The first-order valence-electron chi connectivity index (χ1n) is 12.6. The molecule has 2 atom stereocenters.